The van der Waals surface area contributed by atoms with E-state index < -0.39 is 0 Å². The van der Waals surface area contributed by atoms with Crippen molar-refractivity contribution in [1.82, 2.24) is 24.1 Å². The Kier molecular flexibility index (Phi) is 8.64. The monoisotopic (exact) mass is 805 g/mol. The third kappa shape index (κ3) is 6.13. The average molecular weight is 806 g/mol. The lowest BCUT2D eigenvalue weighted by Gasteiger charge is -2.17. The van der Waals surface area contributed by atoms with Crippen LogP contribution in [0.4, 0.5) is 0 Å². The number of fused-ring (bicyclic) bond motifs is 6. The van der Waals surface area contributed by atoms with Gasteiger partial charge in [0.15, 0.2) is 17.5 Å². The average Bonchev–Trinajstić information content (AvgIpc) is 3.87. The van der Waals surface area contributed by atoms with Gasteiger partial charge in [-0.1, -0.05) is 176 Å². The van der Waals surface area contributed by atoms with Crippen LogP contribution in [-0.2, 0) is 0 Å². The van der Waals surface area contributed by atoms with Crippen LogP contribution in [0, 0.1) is 6.92 Å². The summed E-state index contributed by atoms with van der Waals surface area (Å²) in [4.78, 5) is 15.8. The van der Waals surface area contributed by atoms with Gasteiger partial charge < -0.3 is 9.13 Å². The van der Waals surface area contributed by atoms with Crippen LogP contribution in [0.5, 0.6) is 0 Å². The van der Waals surface area contributed by atoms with Gasteiger partial charge in [0.25, 0.3) is 0 Å². The summed E-state index contributed by atoms with van der Waals surface area (Å²) >= 11 is 0. The van der Waals surface area contributed by atoms with Crippen molar-refractivity contribution in [2.24, 2.45) is 0 Å². The van der Waals surface area contributed by atoms with Crippen LogP contribution < -0.4 is 0 Å². The van der Waals surface area contributed by atoms with E-state index in [1.165, 1.54) is 38.2 Å². The number of benzene rings is 9. The Hall–Kier alpha value is -8.41. The normalized spacial score (nSPS) is 11.6. The molecular formula is C58H39N5. The number of aromatic nitrogens is 5. The Balaban J connectivity index is 1.19. The quantitative estimate of drug-likeness (QED) is 0.161. The van der Waals surface area contributed by atoms with Crippen molar-refractivity contribution in [1.29, 1.82) is 0 Å². The lowest BCUT2D eigenvalue weighted by Crippen LogP contribution is -2.04. The van der Waals surface area contributed by atoms with E-state index in [-0.39, 0.29) is 0 Å². The Morgan fingerprint density at radius 3 is 1.52 bits per heavy atom. The fourth-order valence-corrected chi connectivity index (χ4v) is 9.40. The predicted octanol–water partition coefficient (Wildman–Crippen LogP) is 14.7. The van der Waals surface area contributed by atoms with Crippen molar-refractivity contribution in [3.8, 4) is 67.8 Å². The fourth-order valence-electron chi connectivity index (χ4n) is 9.40. The molecule has 0 unspecified atom stereocenters. The first-order valence-corrected chi connectivity index (χ1v) is 21.4. The van der Waals surface area contributed by atoms with Crippen molar-refractivity contribution < 1.29 is 0 Å². The minimum atomic E-state index is 0.594. The predicted molar refractivity (Wildman–Crippen MR) is 260 cm³/mol. The molecule has 296 valence electrons. The van der Waals surface area contributed by atoms with Gasteiger partial charge in [-0.25, -0.2) is 15.0 Å². The van der Waals surface area contributed by atoms with Crippen LogP contribution >= 0.6 is 0 Å². The second kappa shape index (κ2) is 14.9. The van der Waals surface area contributed by atoms with Gasteiger partial charge >= 0.3 is 0 Å². The molecule has 5 nitrogen and oxygen atoms in total. The van der Waals surface area contributed by atoms with Crippen LogP contribution in [0.3, 0.4) is 0 Å². The number of para-hydroxylation sites is 4. The van der Waals surface area contributed by atoms with Gasteiger partial charge in [-0.3, -0.25) is 0 Å². The molecule has 3 heterocycles. The van der Waals surface area contributed by atoms with Crippen molar-refractivity contribution in [2.75, 3.05) is 0 Å². The molecule has 0 saturated carbocycles. The minimum Gasteiger partial charge on any atom is -0.309 e. The second-order valence-corrected chi connectivity index (χ2v) is 16.1. The zero-order valence-electron chi connectivity index (χ0n) is 34.5. The first-order valence-electron chi connectivity index (χ1n) is 21.4. The van der Waals surface area contributed by atoms with E-state index in [2.05, 4.69) is 198 Å². The Morgan fingerprint density at radius 2 is 0.825 bits per heavy atom. The van der Waals surface area contributed by atoms with E-state index in [0.717, 1.165) is 61.3 Å². The number of nitrogens with zero attached hydrogens (tertiary/aromatic N) is 5. The lowest BCUT2D eigenvalue weighted by atomic mass is 9.98. The van der Waals surface area contributed by atoms with Crippen LogP contribution in [0.1, 0.15) is 5.56 Å². The largest absolute Gasteiger partial charge is 0.309 e. The van der Waals surface area contributed by atoms with E-state index in [1.54, 1.807) is 0 Å². The molecule has 9 aromatic carbocycles. The SMILES string of the molecule is Cc1ccccc1-c1ccc2c3ccccc3n(-c3ccc(-c4cccc5c6ccccc6n(-c6ccccc6)c45)cc3-c3nc(-c4ccccc4)nc(-c4ccccc4)n3)c2c1. The van der Waals surface area contributed by atoms with Crippen molar-refractivity contribution in [2.45, 2.75) is 6.92 Å². The summed E-state index contributed by atoms with van der Waals surface area (Å²) in [7, 11) is 0. The van der Waals surface area contributed by atoms with E-state index in [1.807, 2.05) is 36.4 Å². The highest BCUT2D eigenvalue weighted by molar-refractivity contribution is 6.14. The molecule has 0 fully saturated rings. The molecule has 0 bridgehead atoms. The number of hydrogen-bond acceptors (Lipinski definition) is 3. The second-order valence-electron chi connectivity index (χ2n) is 16.1. The summed E-state index contributed by atoms with van der Waals surface area (Å²) < 4.78 is 4.80. The molecule has 0 radical (unpaired) electrons. The maximum absolute atomic E-state index is 5.36. The first kappa shape index (κ1) is 36.4. The minimum absolute atomic E-state index is 0.594. The van der Waals surface area contributed by atoms with Crippen LogP contribution in [-0.4, -0.2) is 24.1 Å². The highest BCUT2D eigenvalue weighted by Crippen LogP contribution is 2.43. The third-order valence-corrected chi connectivity index (χ3v) is 12.3. The van der Waals surface area contributed by atoms with E-state index >= 15 is 0 Å². The maximum atomic E-state index is 5.36. The topological polar surface area (TPSA) is 48.5 Å². The summed E-state index contributed by atoms with van der Waals surface area (Å²) in [6.45, 7) is 2.18. The molecule has 0 amide bonds. The maximum Gasteiger partial charge on any atom is 0.166 e. The van der Waals surface area contributed by atoms with Gasteiger partial charge in [-0.2, -0.15) is 0 Å². The van der Waals surface area contributed by atoms with Gasteiger partial charge in [0.1, 0.15) is 0 Å². The third-order valence-electron chi connectivity index (χ3n) is 12.3. The summed E-state index contributed by atoms with van der Waals surface area (Å²) in [5.41, 5.74) is 15.2. The van der Waals surface area contributed by atoms with E-state index in [4.69, 9.17) is 15.0 Å². The smallest absolute Gasteiger partial charge is 0.166 e. The molecule has 0 saturated heterocycles. The molecule has 0 aliphatic heterocycles. The fraction of sp³-hybridized carbons (Fsp3) is 0.0172. The zero-order chi connectivity index (χ0) is 41.9. The number of hydrogen-bond donors (Lipinski definition) is 0. The molecule has 12 rings (SSSR count). The van der Waals surface area contributed by atoms with E-state index in [0.29, 0.717) is 17.5 Å². The van der Waals surface area contributed by atoms with Crippen molar-refractivity contribution in [3.63, 3.8) is 0 Å². The Labute approximate surface area is 364 Å². The standard InChI is InChI=1S/C58H39N5/c1-38-18-11-12-25-44(38)42-32-34-48-46-26-13-16-31-52(46)63(54(48)37-42)53-35-33-41(45-28-17-29-49-47-27-14-15-30-51(47)62(55(45)49)43-23-9-4-10-24-43)36-50(53)58-60-56(39-19-5-2-6-20-39)59-57(61-58)40-21-7-3-8-22-40/h2-37H,1H3. The van der Waals surface area contributed by atoms with Gasteiger partial charge in [-0.15, -0.1) is 0 Å². The molecule has 0 spiro atoms. The summed E-state index contributed by atoms with van der Waals surface area (Å²) in [6, 6.07) is 77.4. The molecule has 0 N–H and O–H groups in total. The molecule has 5 heteroatoms. The highest BCUT2D eigenvalue weighted by Gasteiger charge is 2.23. The van der Waals surface area contributed by atoms with E-state index in [9.17, 15) is 0 Å². The number of aryl methyl sites for hydroxylation is 1. The van der Waals surface area contributed by atoms with Crippen molar-refractivity contribution >= 4 is 43.6 Å². The first-order chi connectivity index (χ1) is 31.2. The van der Waals surface area contributed by atoms with Crippen LogP contribution in [0.25, 0.3) is 111 Å². The van der Waals surface area contributed by atoms with Crippen LogP contribution in [0.2, 0.25) is 0 Å². The molecule has 63 heavy (non-hydrogen) atoms. The summed E-state index contributed by atoms with van der Waals surface area (Å²) in [6.07, 6.45) is 0. The molecule has 3 aromatic heterocycles. The lowest BCUT2D eigenvalue weighted by molar-refractivity contribution is 1.06. The van der Waals surface area contributed by atoms with Gasteiger partial charge in [0, 0.05) is 49.5 Å². The number of rotatable bonds is 7. The molecular weight excluding hydrogens is 767 g/mol. The van der Waals surface area contributed by atoms with Gasteiger partial charge in [-0.05, 0) is 71.6 Å². The highest BCUT2D eigenvalue weighted by atomic mass is 15.1. The molecule has 12 aromatic rings. The summed E-state index contributed by atoms with van der Waals surface area (Å²) in [5.74, 6) is 1.83. The van der Waals surface area contributed by atoms with Crippen molar-refractivity contribution in [3.05, 3.63) is 224 Å². The molecule has 0 atom stereocenters. The van der Waals surface area contributed by atoms with Gasteiger partial charge in [0.2, 0.25) is 0 Å². The zero-order valence-corrected chi connectivity index (χ0v) is 34.5. The Bertz CT molecular complexity index is 3620. The van der Waals surface area contributed by atoms with Gasteiger partial charge in [0.05, 0.1) is 27.8 Å². The molecule has 0 aliphatic rings. The summed E-state index contributed by atoms with van der Waals surface area (Å²) in [5, 5.41) is 4.77. The van der Waals surface area contributed by atoms with Crippen LogP contribution in [0.15, 0.2) is 218 Å². The molecule has 0 aliphatic carbocycles. The Morgan fingerprint density at radius 1 is 0.317 bits per heavy atom.